The molecule has 0 spiro atoms. The zero-order valence-electron chi connectivity index (χ0n) is 18.4. The maximum atomic E-state index is 15.2. The van der Waals surface area contributed by atoms with Crippen molar-refractivity contribution in [3.05, 3.63) is 58.6 Å². The Balaban J connectivity index is 1.87. The van der Waals surface area contributed by atoms with Gasteiger partial charge in [-0.1, -0.05) is 6.07 Å². The van der Waals surface area contributed by atoms with Crippen LogP contribution in [-0.2, 0) is 12.8 Å². The van der Waals surface area contributed by atoms with Crippen LogP contribution in [0.2, 0.25) is 0 Å². The number of primary amides is 1. The Bertz CT molecular complexity index is 1240. The molecule has 4 rings (SSSR count). The van der Waals surface area contributed by atoms with E-state index in [0.29, 0.717) is 0 Å². The van der Waals surface area contributed by atoms with E-state index in [0.717, 1.165) is 6.20 Å². The summed E-state index contributed by atoms with van der Waals surface area (Å²) in [6.45, 7) is 1.01. The lowest BCUT2D eigenvalue weighted by atomic mass is 9.83. The minimum absolute atomic E-state index is 0.0165. The molecular weight excluding hydrogens is 461 g/mol. The van der Waals surface area contributed by atoms with Gasteiger partial charge in [0.2, 0.25) is 0 Å². The molecule has 2 aromatic heterocycles. The molecule has 1 aliphatic rings. The summed E-state index contributed by atoms with van der Waals surface area (Å²) in [7, 11) is 1.68. The minimum Gasteiger partial charge on any atom is -0.489 e. The predicted octanol–water partition coefficient (Wildman–Crippen LogP) is 4.89. The number of hydrogen-bond acceptors (Lipinski definition) is 5. The Kier molecular flexibility index (Phi) is 6.01. The van der Waals surface area contributed by atoms with Crippen molar-refractivity contribution in [1.82, 2.24) is 9.88 Å². The molecule has 3 heterocycles. The standard InChI is InChI=1S/C23H22F5N3O3/c1-12-17(21(29)32)19-16(34-12)6-5-15(18(19)14-10-31(2)9-7-22(14,24)25)33-11-13-4-3-8-30-20(13)23(26,27)28/h3-6,8,14H,7,9-11H2,1-2H3,(H2,29,32). The molecule has 1 fully saturated rings. The molecule has 2 N–H and O–H groups in total. The van der Waals surface area contributed by atoms with Gasteiger partial charge in [-0.25, -0.2) is 8.78 Å². The van der Waals surface area contributed by atoms with Gasteiger partial charge < -0.3 is 19.8 Å². The van der Waals surface area contributed by atoms with E-state index in [9.17, 15) is 18.0 Å². The molecule has 11 heteroatoms. The average molecular weight is 483 g/mol. The number of rotatable bonds is 5. The van der Waals surface area contributed by atoms with Gasteiger partial charge in [-0.15, -0.1) is 0 Å². The number of aryl methyl sites for hydroxylation is 1. The van der Waals surface area contributed by atoms with Crippen LogP contribution in [0.15, 0.2) is 34.9 Å². The van der Waals surface area contributed by atoms with Crippen molar-refractivity contribution in [2.45, 2.75) is 38.0 Å². The smallest absolute Gasteiger partial charge is 0.433 e. The number of pyridine rings is 1. The number of fused-ring (bicyclic) bond motifs is 1. The van der Waals surface area contributed by atoms with Crippen molar-refractivity contribution in [3.8, 4) is 5.75 Å². The number of carbonyl (C=O) groups excluding carboxylic acids is 1. The fraction of sp³-hybridized carbons (Fsp3) is 0.391. The Morgan fingerprint density at radius 3 is 2.74 bits per heavy atom. The number of hydrogen-bond donors (Lipinski definition) is 1. The number of halogens is 5. The number of nitrogens with zero attached hydrogens (tertiary/aromatic N) is 2. The first-order chi connectivity index (χ1) is 15.9. The molecule has 0 aliphatic carbocycles. The summed E-state index contributed by atoms with van der Waals surface area (Å²) in [6.07, 6.45) is -4.14. The minimum atomic E-state index is -4.72. The molecule has 1 saturated heterocycles. The van der Waals surface area contributed by atoms with Crippen LogP contribution < -0.4 is 10.5 Å². The van der Waals surface area contributed by atoms with Gasteiger partial charge in [-0.2, -0.15) is 13.2 Å². The maximum Gasteiger partial charge on any atom is 0.433 e. The van der Waals surface area contributed by atoms with Crippen molar-refractivity contribution >= 4 is 16.9 Å². The summed E-state index contributed by atoms with van der Waals surface area (Å²) in [5, 5.41) is 0.0877. The van der Waals surface area contributed by atoms with Crippen LogP contribution in [0, 0.1) is 6.92 Å². The normalized spacial score (nSPS) is 18.9. The van der Waals surface area contributed by atoms with Crippen LogP contribution in [0.1, 0.15) is 45.3 Å². The second-order valence-electron chi connectivity index (χ2n) is 8.37. The summed E-state index contributed by atoms with van der Waals surface area (Å²) in [5.41, 5.74) is 4.23. The second kappa shape index (κ2) is 8.53. The van der Waals surface area contributed by atoms with Gasteiger partial charge in [0.1, 0.15) is 23.7 Å². The number of aromatic nitrogens is 1. The number of nitrogens with two attached hydrogens (primary N) is 1. The maximum absolute atomic E-state index is 15.2. The Morgan fingerprint density at radius 2 is 2.06 bits per heavy atom. The van der Waals surface area contributed by atoms with Crippen LogP contribution in [-0.4, -0.2) is 41.9 Å². The van der Waals surface area contributed by atoms with E-state index in [1.165, 1.54) is 31.2 Å². The van der Waals surface area contributed by atoms with Gasteiger partial charge in [0.05, 0.1) is 11.5 Å². The number of amides is 1. The van der Waals surface area contributed by atoms with E-state index in [-0.39, 0.29) is 52.3 Å². The van der Waals surface area contributed by atoms with Gasteiger partial charge in [0, 0.05) is 42.2 Å². The van der Waals surface area contributed by atoms with Crippen LogP contribution in [0.5, 0.6) is 5.75 Å². The lowest BCUT2D eigenvalue weighted by Gasteiger charge is -2.37. The number of likely N-dealkylation sites (tertiary alicyclic amines) is 1. The van der Waals surface area contributed by atoms with Crippen LogP contribution in [0.4, 0.5) is 22.0 Å². The molecule has 1 aliphatic heterocycles. The van der Waals surface area contributed by atoms with Gasteiger partial charge >= 0.3 is 6.18 Å². The summed E-state index contributed by atoms with van der Waals surface area (Å²) in [6, 6.07) is 5.31. The molecule has 1 unspecified atom stereocenters. The Morgan fingerprint density at radius 1 is 1.32 bits per heavy atom. The first kappa shape index (κ1) is 23.9. The van der Waals surface area contributed by atoms with E-state index < -0.39 is 42.6 Å². The SMILES string of the molecule is Cc1oc2ccc(OCc3cccnc3C(F)(F)F)c(C3CN(C)CCC3(F)F)c2c1C(N)=O. The number of ether oxygens (including phenoxy) is 1. The number of benzene rings is 1. The highest BCUT2D eigenvalue weighted by Gasteiger charge is 2.47. The number of carbonyl (C=O) groups is 1. The lowest BCUT2D eigenvalue weighted by Crippen LogP contribution is -2.44. The van der Waals surface area contributed by atoms with Gasteiger partial charge in [0.25, 0.3) is 11.8 Å². The average Bonchev–Trinajstić information content (AvgIpc) is 3.09. The third kappa shape index (κ3) is 4.31. The first-order valence-corrected chi connectivity index (χ1v) is 10.5. The fourth-order valence-electron chi connectivity index (χ4n) is 4.40. The molecular formula is C23H22F5N3O3. The number of furan rings is 1. The predicted molar refractivity (Wildman–Crippen MR) is 113 cm³/mol. The second-order valence-corrected chi connectivity index (χ2v) is 8.37. The lowest BCUT2D eigenvalue weighted by molar-refractivity contribution is -0.142. The third-order valence-electron chi connectivity index (χ3n) is 6.00. The Hall–Kier alpha value is -3.21. The van der Waals surface area contributed by atoms with Crippen molar-refractivity contribution < 1.29 is 35.9 Å². The summed E-state index contributed by atoms with van der Waals surface area (Å²) in [4.78, 5) is 17.3. The fourth-order valence-corrected chi connectivity index (χ4v) is 4.40. The molecule has 1 aromatic carbocycles. The van der Waals surface area contributed by atoms with Crippen LogP contribution in [0.25, 0.3) is 11.0 Å². The Labute approximate surface area is 191 Å². The molecule has 6 nitrogen and oxygen atoms in total. The van der Waals surface area contributed by atoms with Crippen LogP contribution in [0.3, 0.4) is 0 Å². The summed E-state index contributed by atoms with van der Waals surface area (Å²) in [5.74, 6) is -5.36. The van der Waals surface area contributed by atoms with E-state index >= 15 is 8.78 Å². The molecule has 1 amide bonds. The molecule has 1 atom stereocenters. The first-order valence-electron chi connectivity index (χ1n) is 10.5. The van der Waals surface area contributed by atoms with E-state index in [1.54, 1.807) is 11.9 Å². The number of piperidine rings is 1. The van der Waals surface area contributed by atoms with Crippen molar-refractivity contribution in [1.29, 1.82) is 0 Å². The number of alkyl halides is 5. The summed E-state index contributed by atoms with van der Waals surface area (Å²) >= 11 is 0. The number of likely N-dealkylation sites (N-methyl/N-ethyl adjacent to an activating group) is 1. The zero-order chi connectivity index (χ0) is 24.8. The van der Waals surface area contributed by atoms with Crippen molar-refractivity contribution in [3.63, 3.8) is 0 Å². The molecule has 0 saturated carbocycles. The van der Waals surface area contributed by atoms with Gasteiger partial charge in [0.15, 0.2) is 5.69 Å². The largest absolute Gasteiger partial charge is 0.489 e. The van der Waals surface area contributed by atoms with Crippen molar-refractivity contribution in [2.24, 2.45) is 5.73 Å². The molecule has 34 heavy (non-hydrogen) atoms. The molecule has 182 valence electrons. The zero-order valence-corrected chi connectivity index (χ0v) is 18.4. The van der Waals surface area contributed by atoms with E-state index in [1.807, 2.05) is 0 Å². The molecule has 0 radical (unpaired) electrons. The van der Waals surface area contributed by atoms with Gasteiger partial charge in [-0.05, 0) is 32.2 Å². The topological polar surface area (TPSA) is 81.6 Å². The van der Waals surface area contributed by atoms with E-state index in [4.69, 9.17) is 14.9 Å². The summed E-state index contributed by atoms with van der Waals surface area (Å²) < 4.78 is 81.7. The monoisotopic (exact) mass is 483 g/mol. The van der Waals surface area contributed by atoms with Crippen molar-refractivity contribution in [2.75, 3.05) is 20.1 Å². The molecule has 3 aromatic rings. The van der Waals surface area contributed by atoms with E-state index in [2.05, 4.69) is 4.98 Å². The highest BCUT2D eigenvalue weighted by atomic mass is 19.4. The van der Waals surface area contributed by atoms with Crippen LogP contribution >= 0.6 is 0 Å². The van der Waals surface area contributed by atoms with Gasteiger partial charge in [-0.3, -0.25) is 9.78 Å². The molecule has 0 bridgehead atoms. The quantitative estimate of drug-likeness (QED) is 0.523. The highest BCUT2D eigenvalue weighted by Crippen LogP contribution is 2.48. The highest BCUT2D eigenvalue weighted by molar-refractivity contribution is 6.08. The third-order valence-corrected chi connectivity index (χ3v) is 6.00.